The van der Waals surface area contributed by atoms with E-state index in [1.54, 1.807) is 0 Å². The molecule has 9 heavy (non-hydrogen) atoms. The van der Waals surface area contributed by atoms with Crippen molar-refractivity contribution in [2.45, 2.75) is 12.1 Å². The SMILES string of the molecule is CN(C)[C@@H]1COC[C@H]1O. The number of rotatable bonds is 1. The highest BCUT2D eigenvalue weighted by Crippen LogP contribution is 2.08. The van der Waals surface area contributed by atoms with Crippen LogP contribution in [0.1, 0.15) is 0 Å². The maximum atomic E-state index is 9.19. The van der Waals surface area contributed by atoms with Gasteiger partial charge in [0.1, 0.15) is 0 Å². The van der Waals surface area contributed by atoms with Crippen molar-refractivity contribution in [3.8, 4) is 0 Å². The number of hydrogen-bond acceptors (Lipinski definition) is 3. The molecule has 0 spiro atoms. The number of nitrogens with zero attached hydrogens (tertiary/aromatic N) is 1. The molecule has 3 nitrogen and oxygen atoms in total. The molecule has 0 saturated carbocycles. The minimum Gasteiger partial charge on any atom is -0.389 e. The molecule has 1 fully saturated rings. The molecule has 0 aromatic carbocycles. The van der Waals surface area contributed by atoms with Crippen LogP contribution in [0.3, 0.4) is 0 Å². The van der Waals surface area contributed by atoms with Gasteiger partial charge in [0.05, 0.1) is 25.4 Å². The summed E-state index contributed by atoms with van der Waals surface area (Å²) in [5.74, 6) is 0. The fourth-order valence-corrected chi connectivity index (χ4v) is 1.02. The topological polar surface area (TPSA) is 32.7 Å². The highest BCUT2D eigenvalue weighted by molar-refractivity contribution is 4.79. The van der Waals surface area contributed by atoms with E-state index in [1.165, 1.54) is 0 Å². The van der Waals surface area contributed by atoms with E-state index in [0.29, 0.717) is 13.2 Å². The molecule has 1 rings (SSSR count). The fourth-order valence-electron chi connectivity index (χ4n) is 1.02. The first-order valence-corrected chi connectivity index (χ1v) is 3.14. The van der Waals surface area contributed by atoms with Crippen LogP contribution in [0.15, 0.2) is 0 Å². The summed E-state index contributed by atoms with van der Waals surface area (Å²) in [6, 6.07) is 0.199. The molecule has 3 heteroatoms. The van der Waals surface area contributed by atoms with Crippen molar-refractivity contribution in [2.75, 3.05) is 27.3 Å². The third-order valence-corrected chi connectivity index (χ3v) is 1.68. The molecule has 0 unspecified atom stereocenters. The Bertz CT molecular complexity index is 95.1. The zero-order valence-electron chi connectivity index (χ0n) is 5.87. The molecule has 0 aromatic heterocycles. The number of aliphatic hydroxyl groups excluding tert-OH is 1. The second kappa shape index (κ2) is 2.64. The Morgan fingerprint density at radius 2 is 2.11 bits per heavy atom. The van der Waals surface area contributed by atoms with Crippen LogP contribution in [-0.2, 0) is 4.74 Å². The van der Waals surface area contributed by atoms with Gasteiger partial charge in [-0.3, -0.25) is 0 Å². The van der Waals surface area contributed by atoms with Gasteiger partial charge >= 0.3 is 0 Å². The third kappa shape index (κ3) is 1.41. The van der Waals surface area contributed by atoms with Crippen LogP contribution in [-0.4, -0.2) is 49.5 Å². The van der Waals surface area contributed by atoms with E-state index in [0.717, 1.165) is 0 Å². The molecule has 1 heterocycles. The molecule has 1 aliphatic heterocycles. The summed E-state index contributed by atoms with van der Waals surface area (Å²) in [5, 5.41) is 9.19. The highest BCUT2D eigenvalue weighted by Gasteiger charge is 2.27. The smallest absolute Gasteiger partial charge is 0.0950 e. The van der Waals surface area contributed by atoms with E-state index in [9.17, 15) is 5.11 Å². The molecule has 1 aliphatic rings. The predicted molar refractivity (Wildman–Crippen MR) is 34.3 cm³/mol. The predicted octanol–water partition coefficient (Wildman–Crippen LogP) is -0.692. The molecular weight excluding hydrogens is 118 g/mol. The maximum Gasteiger partial charge on any atom is 0.0950 e. The summed E-state index contributed by atoms with van der Waals surface area (Å²) in [7, 11) is 3.89. The lowest BCUT2D eigenvalue weighted by Crippen LogP contribution is -2.37. The van der Waals surface area contributed by atoms with Crippen molar-refractivity contribution in [1.82, 2.24) is 4.90 Å². The van der Waals surface area contributed by atoms with Gasteiger partial charge in [0.25, 0.3) is 0 Å². The van der Waals surface area contributed by atoms with E-state index >= 15 is 0 Å². The van der Waals surface area contributed by atoms with Crippen LogP contribution < -0.4 is 0 Å². The minimum atomic E-state index is -0.292. The lowest BCUT2D eigenvalue weighted by molar-refractivity contribution is 0.105. The Hall–Kier alpha value is -0.120. The molecule has 1 N–H and O–H groups in total. The zero-order valence-corrected chi connectivity index (χ0v) is 5.87. The number of likely N-dealkylation sites (N-methyl/N-ethyl adjacent to an activating group) is 1. The van der Waals surface area contributed by atoms with Gasteiger partial charge < -0.3 is 14.7 Å². The van der Waals surface area contributed by atoms with Crippen molar-refractivity contribution in [1.29, 1.82) is 0 Å². The lowest BCUT2D eigenvalue weighted by atomic mass is 10.2. The average molecular weight is 131 g/mol. The van der Waals surface area contributed by atoms with Crippen LogP contribution in [0, 0.1) is 0 Å². The van der Waals surface area contributed by atoms with E-state index < -0.39 is 0 Å². The summed E-state index contributed by atoms with van der Waals surface area (Å²) < 4.78 is 5.04. The Morgan fingerprint density at radius 3 is 2.33 bits per heavy atom. The lowest BCUT2D eigenvalue weighted by Gasteiger charge is -2.19. The molecule has 0 amide bonds. The molecule has 1 saturated heterocycles. The summed E-state index contributed by atoms with van der Waals surface area (Å²) in [6.07, 6.45) is -0.292. The molecular formula is C6H13NO2. The van der Waals surface area contributed by atoms with Crippen molar-refractivity contribution >= 4 is 0 Å². The normalized spacial score (nSPS) is 36.0. The van der Waals surface area contributed by atoms with Crippen molar-refractivity contribution in [3.05, 3.63) is 0 Å². The number of hydrogen-bond donors (Lipinski definition) is 1. The second-order valence-electron chi connectivity index (χ2n) is 2.64. The maximum absolute atomic E-state index is 9.19. The van der Waals surface area contributed by atoms with Crippen LogP contribution >= 0.6 is 0 Å². The van der Waals surface area contributed by atoms with Gasteiger partial charge in [-0.05, 0) is 14.1 Å². The van der Waals surface area contributed by atoms with Gasteiger partial charge in [-0.15, -0.1) is 0 Å². The Balaban J connectivity index is 2.40. The standard InChI is InChI=1S/C6H13NO2/c1-7(2)5-3-9-4-6(5)8/h5-6,8H,3-4H2,1-2H3/t5-,6-/m1/s1. The van der Waals surface area contributed by atoms with Crippen LogP contribution in [0.4, 0.5) is 0 Å². The summed E-state index contributed by atoms with van der Waals surface area (Å²) >= 11 is 0. The number of ether oxygens (including phenoxy) is 1. The van der Waals surface area contributed by atoms with Gasteiger partial charge in [0.2, 0.25) is 0 Å². The van der Waals surface area contributed by atoms with Crippen LogP contribution in [0.2, 0.25) is 0 Å². The first-order valence-electron chi connectivity index (χ1n) is 3.14. The van der Waals surface area contributed by atoms with Crippen LogP contribution in [0.5, 0.6) is 0 Å². The van der Waals surface area contributed by atoms with E-state index in [2.05, 4.69) is 0 Å². The van der Waals surface area contributed by atoms with Gasteiger partial charge in [0, 0.05) is 0 Å². The summed E-state index contributed by atoms with van der Waals surface area (Å²) in [5.41, 5.74) is 0. The Morgan fingerprint density at radius 1 is 1.44 bits per heavy atom. The molecule has 54 valence electrons. The van der Waals surface area contributed by atoms with Crippen molar-refractivity contribution in [3.63, 3.8) is 0 Å². The van der Waals surface area contributed by atoms with Gasteiger partial charge in [-0.25, -0.2) is 0 Å². The second-order valence-corrected chi connectivity index (χ2v) is 2.64. The fraction of sp³-hybridized carbons (Fsp3) is 1.00. The zero-order chi connectivity index (χ0) is 6.85. The van der Waals surface area contributed by atoms with E-state index in [-0.39, 0.29) is 12.1 Å². The van der Waals surface area contributed by atoms with Gasteiger partial charge in [0.15, 0.2) is 0 Å². The average Bonchev–Trinajstić information content (AvgIpc) is 2.13. The number of aliphatic hydroxyl groups is 1. The Labute approximate surface area is 55.2 Å². The quantitative estimate of drug-likeness (QED) is 0.511. The van der Waals surface area contributed by atoms with E-state index in [1.807, 2.05) is 19.0 Å². The molecule has 2 atom stereocenters. The Kier molecular flexibility index (Phi) is 2.05. The van der Waals surface area contributed by atoms with Crippen LogP contribution in [0.25, 0.3) is 0 Å². The van der Waals surface area contributed by atoms with Gasteiger partial charge in [-0.1, -0.05) is 0 Å². The van der Waals surface area contributed by atoms with Gasteiger partial charge in [-0.2, -0.15) is 0 Å². The first kappa shape index (κ1) is 6.99. The minimum absolute atomic E-state index is 0.199. The van der Waals surface area contributed by atoms with Crippen molar-refractivity contribution < 1.29 is 9.84 Å². The highest BCUT2D eigenvalue weighted by atomic mass is 16.5. The van der Waals surface area contributed by atoms with E-state index in [4.69, 9.17) is 4.74 Å². The largest absolute Gasteiger partial charge is 0.389 e. The molecule has 0 aromatic rings. The first-order chi connectivity index (χ1) is 4.22. The summed E-state index contributed by atoms with van der Waals surface area (Å²) in [6.45, 7) is 1.15. The molecule has 0 aliphatic carbocycles. The molecule has 0 bridgehead atoms. The molecule has 0 radical (unpaired) electrons. The monoisotopic (exact) mass is 131 g/mol. The van der Waals surface area contributed by atoms with Crippen molar-refractivity contribution in [2.24, 2.45) is 0 Å². The third-order valence-electron chi connectivity index (χ3n) is 1.68. The summed E-state index contributed by atoms with van der Waals surface area (Å²) in [4.78, 5) is 1.98.